The van der Waals surface area contributed by atoms with Gasteiger partial charge in [0.15, 0.2) is 5.17 Å². The Morgan fingerprint density at radius 1 is 1.03 bits per heavy atom. The highest BCUT2D eigenvalue weighted by Gasteiger charge is 2.32. The Bertz CT molecular complexity index is 1610. The standard InChI is InChI=1S/C28H25ClN4O4S/c1-36-20-11-8-18(9-12-20)16-23-26(34)33(19-10-13-21(29)25(17-19)37-2)28(31-23)38-15-5-14-32-24-7-4-3-6-22(24)30-27(32)35/h3-4,6-13,16-17H,5,14-15H2,1-2H3,(H,30,35)/b23-16-. The molecule has 38 heavy (non-hydrogen) atoms. The number of H-pyrrole nitrogens is 1. The van der Waals surface area contributed by atoms with E-state index in [0.29, 0.717) is 46.0 Å². The Morgan fingerprint density at radius 2 is 1.82 bits per heavy atom. The number of aromatic nitrogens is 2. The molecule has 1 aliphatic heterocycles. The molecule has 0 radical (unpaired) electrons. The summed E-state index contributed by atoms with van der Waals surface area (Å²) >= 11 is 7.68. The lowest BCUT2D eigenvalue weighted by Crippen LogP contribution is -2.30. The first-order valence-corrected chi connectivity index (χ1v) is 13.3. The zero-order valence-corrected chi connectivity index (χ0v) is 22.4. The number of fused-ring (bicyclic) bond motifs is 1. The van der Waals surface area contributed by atoms with E-state index in [2.05, 4.69) is 9.98 Å². The van der Waals surface area contributed by atoms with Gasteiger partial charge in [0.2, 0.25) is 0 Å². The third-order valence-corrected chi connectivity index (χ3v) is 7.42. The molecular weight excluding hydrogens is 524 g/mol. The van der Waals surface area contributed by atoms with Gasteiger partial charge in [-0.1, -0.05) is 47.6 Å². The van der Waals surface area contributed by atoms with Gasteiger partial charge in [-0.25, -0.2) is 9.79 Å². The average Bonchev–Trinajstić information content (AvgIpc) is 3.42. The summed E-state index contributed by atoms with van der Waals surface area (Å²) < 4.78 is 12.3. The van der Waals surface area contributed by atoms with Gasteiger partial charge in [-0.2, -0.15) is 0 Å². The van der Waals surface area contributed by atoms with Crippen LogP contribution in [0.3, 0.4) is 0 Å². The lowest BCUT2D eigenvalue weighted by atomic mass is 10.2. The summed E-state index contributed by atoms with van der Waals surface area (Å²) in [4.78, 5) is 35.0. The fraction of sp³-hybridized carbons (Fsp3) is 0.179. The first kappa shape index (κ1) is 25.7. The van der Waals surface area contributed by atoms with Crippen molar-refractivity contribution in [1.29, 1.82) is 0 Å². The molecule has 194 valence electrons. The van der Waals surface area contributed by atoms with Gasteiger partial charge in [0.05, 0.1) is 36.0 Å². The Kier molecular flexibility index (Phi) is 7.57. The molecule has 1 aliphatic rings. The maximum atomic E-state index is 13.5. The highest BCUT2D eigenvalue weighted by molar-refractivity contribution is 8.14. The van der Waals surface area contributed by atoms with Crippen LogP contribution in [-0.2, 0) is 11.3 Å². The Balaban J connectivity index is 1.38. The predicted molar refractivity (Wildman–Crippen MR) is 154 cm³/mol. The van der Waals surface area contributed by atoms with Crippen molar-refractivity contribution in [2.24, 2.45) is 4.99 Å². The molecule has 0 aliphatic carbocycles. The molecule has 8 nitrogen and oxygen atoms in total. The van der Waals surface area contributed by atoms with E-state index in [9.17, 15) is 9.59 Å². The van der Waals surface area contributed by atoms with Crippen LogP contribution in [0, 0.1) is 0 Å². The molecule has 1 N–H and O–H groups in total. The number of nitrogens with zero attached hydrogens (tertiary/aromatic N) is 3. The number of amides is 1. The number of amidine groups is 1. The third kappa shape index (κ3) is 5.20. The summed E-state index contributed by atoms with van der Waals surface area (Å²) in [5.74, 6) is 1.59. The zero-order chi connectivity index (χ0) is 26.6. The minimum absolute atomic E-state index is 0.135. The Morgan fingerprint density at radius 3 is 2.58 bits per heavy atom. The smallest absolute Gasteiger partial charge is 0.326 e. The topological polar surface area (TPSA) is 88.9 Å². The number of imidazole rings is 1. The number of methoxy groups -OCH3 is 2. The van der Waals surface area contributed by atoms with Crippen LogP contribution >= 0.6 is 23.4 Å². The largest absolute Gasteiger partial charge is 0.497 e. The van der Waals surface area contributed by atoms with Crippen LogP contribution in [0.1, 0.15) is 12.0 Å². The van der Waals surface area contributed by atoms with Crippen molar-refractivity contribution in [1.82, 2.24) is 9.55 Å². The second-order valence-corrected chi connectivity index (χ2v) is 9.93. The molecule has 1 amide bonds. The molecule has 0 bridgehead atoms. The second kappa shape index (κ2) is 11.2. The number of benzene rings is 3. The lowest BCUT2D eigenvalue weighted by molar-refractivity contribution is -0.113. The van der Waals surface area contributed by atoms with Gasteiger partial charge in [-0.05, 0) is 54.5 Å². The number of halogens is 1. The molecule has 0 spiro atoms. The van der Waals surface area contributed by atoms with Crippen LogP contribution in [0.15, 0.2) is 82.2 Å². The van der Waals surface area contributed by atoms with Crippen molar-refractivity contribution >= 4 is 57.2 Å². The molecular formula is C28H25ClN4O4S. The number of thioether (sulfide) groups is 1. The first-order chi connectivity index (χ1) is 18.5. The lowest BCUT2D eigenvalue weighted by Gasteiger charge is -2.19. The van der Waals surface area contributed by atoms with Crippen LogP contribution in [0.5, 0.6) is 11.5 Å². The molecule has 0 saturated carbocycles. The molecule has 0 fully saturated rings. The second-order valence-electron chi connectivity index (χ2n) is 8.46. The van der Waals surface area contributed by atoms with Crippen LogP contribution in [-0.4, -0.2) is 40.6 Å². The van der Waals surface area contributed by atoms with Crippen LogP contribution in [0.2, 0.25) is 5.02 Å². The monoisotopic (exact) mass is 548 g/mol. The Hall–Kier alpha value is -3.95. The van der Waals surface area contributed by atoms with Crippen molar-refractivity contribution in [3.8, 4) is 11.5 Å². The summed E-state index contributed by atoms with van der Waals surface area (Å²) in [6.45, 7) is 0.542. The number of aromatic amines is 1. The summed E-state index contributed by atoms with van der Waals surface area (Å²) in [5.41, 5.74) is 3.30. The van der Waals surface area contributed by atoms with Crippen LogP contribution in [0.25, 0.3) is 17.1 Å². The molecule has 4 aromatic rings. The number of rotatable bonds is 8. The maximum Gasteiger partial charge on any atom is 0.326 e. The van der Waals surface area contributed by atoms with E-state index in [-0.39, 0.29) is 11.6 Å². The maximum absolute atomic E-state index is 13.5. The van der Waals surface area contributed by atoms with Gasteiger partial charge in [-0.15, -0.1) is 0 Å². The van der Waals surface area contributed by atoms with E-state index >= 15 is 0 Å². The van der Waals surface area contributed by atoms with Crippen molar-refractivity contribution in [2.45, 2.75) is 13.0 Å². The number of ether oxygens (including phenoxy) is 2. The van der Waals surface area contributed by atoms with Crippen LogP contribution < -0.4 is 20.1 Å². The predicted octanol–water partition coefficient (Wildman–Crippen LogP) is 5.57. The quantitative estimate of drug-likeness (QED) is 0.230. The van der Waals surface area contributed by atoms with Crippen LogP contribution in [0.4, 0.5) is 5.69 Å². The number of carbonyl (C=O) groups is 1. The molecule has 10 heteroatoms. The number of aryl methyl sites for hydroxylation is 1. The third-order valence-electron chi connectivity index (χ3n) is 6.08. The minimum Gasteiger partial charge on any atom is -0.497 e. The van der Waals surface area contributed by atoms with Gasteiger partial charge in [0, 0.05) is 18.4 Å². The van der Waals surface area contributed by atoms with E-state index in [1.54, 1.807) is 40.9 Å². The number of nitrogens with one attached hydrogen (secondary N) is 1. The fourth-order valence-electron chi connectivity index (χ4n) is 4.18. The van der Waals surface area contributed by atoms with Crippen molar-refractivity contribution in [2.75, 3.05) is 24.9 Å². The number of hydrogen-bond acceptors (Lipinski definition) is 6. The van der Waals surface area contributed by atoms with Crippen molar-refractivity contribution in [3.63, 3.8) is 0 Å². The Labute approximate surface area is 228 Å². The van der Waals surface area contributed by atoms with Crippen molar-refractivity contribution in [3.05, 3.63) is 93.5 Å². The van der Waals surface area contributed by atoms with E-state index in [0.717, 1.165) is 22.3 Å². The van der Waals surface area contributed by atoms with Gasteiger partial charge in [0.1, 0.15) is 17.2 Å². The number of anilines is 1. The fourth-order valence-corrected chi connectivity index (χ4v) is 5.31. The number of aliphatic imine (C=N–C) groups is 1. The molecule has 0 atom stereocenters. The van der Waals surface area contributed by atoms with Gasteiger partial charge in [0.25, 0.3) is 5.91 Å². The summed E-state index contributed by atoms with van der Waals surface area (Å²) in [5, 5.41) is 0.998. The average molecular weight is 549 g/mol. The summed E-state index contributed by atoms with van der Waals surface area (Å²) in [6.07, 6.45) is 2.45. The molecule has 2 heterocycles. The highest BCUT2D eigenvalue weighted by atomic mass is 35.5. The van der Waals surface area contributed by atoms with E-state index in [1.807, 2.05) is 48.5 Å². The number of para-hydroxylation sites is 2. The number of carbonyl (C=O) groups excluding carboxylic acids is 1. The SMILES string of the molecule is COc1ccc(/C=C2\N=C(SCCCn3c(=O)[nH]c4ccccc43)N(c3ccc(Cl)c(OC)c3)C2=O)cc1. The molecule has 1 aromatic heterocycles. The van der Waals surface area contributed by atoms with Gasteiger partial charge < -0.3 is 14.5 Å². The summed E-state index contributed by atoms with van der Waals surface area (Å²) in [6, 6.07) is 20.2. The van der Waals surface area contributed by atoms with Crippen molar-refractivity contribution < 1.29 is 14.3 Å². The zero-order valence-electron chi connectivity index (χ0n) is 20.8. The number of hydrogen-bond donors (Lipinski definition) is 1. The molecule has 5 rings (SSSR count). The molecule has 0 saturated heterocycles. The summed E-state index contributed by atoms with van der Waals surface area (Å²) in [7, 11) is 3.14. The minimum atomic E-state index is -0.249. The van der Waals surface area contributed by atoms with E-state index in [1.165, 1.54) is 18.9 Å². The molecule has 3 aromatic carbocycles. The van der Waals surface area contributed by atoms with Gasteiger partial charge in [-0.3, -0.25) is 14.3 Å². The van der Waals surface area contributed by atoms with E-state index in [4.69, 9.17) is 21.1 Å². The normalized spacial score (nSPS) is 14.4. The molecule has 0 unspecified atom stereocenters. The van der Waals surface area contributed by atoms with Gasteiger partial charge >= 0.3 is 5.69 Å². The van der Waals surface area contributed by atoms with E-state index < -0.39 is 0 Å². The highest BCUT2D eigenvalue weighted by Crippen LogP contribution is 2.34. The first-order valence-electron chi connectivity index (χ1n) is 11.9.